The fourth-order valence-corrected chi connectivity index (χ4v) is 3.58. The second-order valence-electron chi connectivity index (χ2n) is 7.42. The van der Waals surface area contributed by atoms with Crippen LogP contribution in [0.1, 0.15) is 44.9 Å². The Balaban J connectivity index is 1.56. The number of rotatable bonds is 4. The number of pyridine rings is 1. The van der Waals surface area contributed by atoms with Crippen LogP contribution in [0.3, 0.4) is 0 Å². The molecular formula is C18H21F2N5O2. The molecule has 144 valence electrons. The number of anilines is 1. The first-order valence-corrected chi connectivity index (χ1v) is 9.09. The predicted octanol–water partition coefficient (Wildman–Crippen LogP) is 2.90. The van der Waals surface area contributed by atoms with E-state index in [1.54, 1.807) is 19.2 Å². The molecule has 2 aromatic heterocycles. The minimum Gasteiger partial charge on any atom is -0.418 e. The van der Waals surface area contributed by atoms with Crippen molar-refractivity contribution >= 4 is 11.6 Å². The Kier molecular flexibility index (Phi) is 4.32. The van der Waals surface area contributed by atoms with Crippen molar-refractivity contribution in [1.82, 2.24) is 20.5 Å². The lowest BCUT2D eigenvalue weighted by molar-refractivity contribution is -0.124. The Hall–Kier alpha value is -2.58. The zero-order valence-corrected chi connectivity index (χ0v) is 15.0. The van der Waals surface area contributed by atoms with E-state index in [9.17, 15) is 13.6 Å². The van der Waals surface area contributed by atoms with E-state index in [0.29, 0.717) is 37.2 Å². The highest BCUT2D eigenvalue weighted by Gasteiger charge is 2.44. The number of nitrogens with zero attached hydrogens (tertiary/aromatic N) is 3. The molecular weight excluding hydrogens is 356 g/mol. The lowest BCUT2D eigenvalue weighted by Crippen LogP contribution is -2.32. The maximum absolute atomic E-state index is 13.4. The molecule has 1 saturated carbocycles. The van der Waals surface area contributed by atoms with Gasteiger partial charge in [0, 0.05) is 31.6 Å². The highest BCUT2D eigenvalue weighted by molar-refractivity contribution is 5.88. The van der Waals surface area contributed by atoms with Crippen LogP contribution >= 0.6 is 0 Å². The number of hydrogen-bond donors (Lipinski definition) is 2. The number of alkyl halides is 2. The van der Waals surface area contributed by atoms with Gasteiger partial charge in [0.2, 0.25) is 17.7 Å². The van der Waals surface area contributed by atoms with E-state index in [1.807, 2.05) is 6.07 Å². The summed E-state index contributed by atoms with van der Waals surface area (Å²) in [4.78, 5) is 16.4. The number of aromatic nitrogens is 3. The number of hydrogen-bond acceptors (Lipinski definition) is 6. The summed E-state index contributed by atoms with van der Waals surface area (Å²) in [5.74, 6) is -2.26. The van der Waals surface area contributed by atoms with E-state index in [1.165, 1.54) is 0 Å². The topological polar surface area (TPSA) is 92.9 Å². The van der Waals surface area contributed by atoms with Crippen LogP contribution in [0, 0.1) is 0 Å². The number of carbonyl (C=O) groups excluding carboxylic acids is 1. The first kappa shape index (κ1) is 17.8. The van der Waals surface area contributed by atoms with E-state index in [4.69, 9.17) is 4.42 Å². The Labute approximate surface area is 155 Å². The molecule has 9 heteroatoms. The van der Waals surface area contributed by atoms with E-state index in [0.717, 1.165) is 0 Å². The second kappa shape index (κ2) is 6.54. The summed E-state index contributed by atoms with van der Waals surface area (Å²) in [6, 6.07) is 3.50. The van der Waals surface area contributed by atoms with E-state index >= 15 is 0 Å². The predicted molar refractivity (Wildman–Crippen MR) is 93.3 cm³/mol. The maximum Gasteiger partial charge on any atom is 0.268 e. The van der Waals surface area contributed by atoms with Crippen LogP contribution in [-0.4, -0.2) is 39.6 Å². The van der Waals surface area contributed by atoms with Crippen molar-refractivity contribution in [2.45, 2.75) is 56.4 Å². The minimum atomic E-state index is -2.57. The SMILES string of the molecule is CC1(c2nnc(-c3ncccc3NC3CCC(F)(F)CC3)o2)CCNC1=O. The molecule has 0 bridgehead atoms. The fraction of sp³-hybridized carbons (Fsp3) is 0.556. The van der Waals surface area contributed by atoms with Gasteiger partial charge in [0.15, 0.2) is 5.69 Å². The Morgan fingerprint density at radius 1 is 1.26 bits per heavy atom. The van der Waals surface area contributed by atoms with Gasteiger partial charge in [-0.2, -0.15) is 0 Å². The van der Waals surface area contributed by atoms with E-state index in [-0.39, 0.29) is 36.6 Å². The normalized spacial score (nSPS) is 25.4. The lowest BCUT2D eigenvalue weighted by Gasteiger charge is -2.29. The molecule has 1 amide bonds. The third-order valence-electron chi connectivity index (χ3n) is 5.40. The van der Waals surface area contributed by atoms with E-state index < -0.39 is 11.3 Å². The van der Waals surface area contributed by atoms with Gasteiger partial charge in [-0.05, 0) is 38.3 Å². The van der Waals surface area contributed by atoms with Gasteiger partial charge in [-0.3, -0.25) is 4.79 Å². The molecule has 1 aliphatic heterocycles. The van der Waals surface area contributed by atoms with Crippen LogP contribution in [0.4, 0.5) is 14.5 Å². The summed E-state index contributed by atoms with van der Waals surface area (Å²) < 4.78 is 32.5. The Morgan fingerprint density at radius 3 is 2.74 bits per heavy atom. The van der Waals surface area contributed by atoms with Gasteiger partial charge in [0.05, 0.1) is 5.69 Å². The fourth-order valence-electron chi connectivity index (χ4n) is 3.58. The van der Waals surface area contributed by atoms with E-state index in [2.05, 4.69) is 25.8 Å². The molecule has 0 aromatic carbocycles. The van der Waals surface area contributed by atoms with Crippen molar-refractivity contribution in [3.05, 3.63) is 24.2 Å². The molecule has 7 nitrogen and oxygen atoms in total. The number of halogens is 2. The standard InChI is InChI=1S/C18H21F2N5O2/c1-17(8-10-22-15(17)26)16-25-24-14(27-16)13-12(3-2-9-21-13)23-11-4-6-18(19,20)7-5-11/h2-3,9,11,23H,4-8,10H2,1H3,(H,22,26). The monoisotopic (exact) mass is 377 g/mol. The average Bonchev–Trinajstić information content (AvgIpc) is 3.26. The van der Waals surface area contributed by atoms with Gasteiger partial charge in [0.1, 0.15) is 5.41 Å². The highest BCUT2D eigenvalue weighted by atomic mass is 19.3. The molecule has 1 atom stereocenters. The smallest absolute Gasteiger partial charge is 0.268 e. The van der Waals surface area contributed by atoms with Crippen LogP contribution < -0.4 is 10.6 Å². The summed E-state index contributed by atoms with van der Waals surface area (Å²) >= 11 is 0. The highest BCUT2D eigenvalue weighted by Crippen LogP contribution is 2.36. The van der Waals surface area contributed by atoms with Crippen LogP contribution in [-0.2, 0) is 10.2 Å². The van der Waals surface area contributed by atoms with Crippen molar-refractivity contribution in [1.29, 1.82) is 0 Å². The van der Waals surface area contributed by atoms with Crippen molar-refractivity contribution in [3.8, 4) is 11.6 Å². The van der Waals surface area contributed by atoms with Crippen molar-refractivity contribution in [2.24, 2.45) is 0 Å². The van der Waals surface area contributed by atoms with Crippen molar-refractivity contribution in [2.75, 3.05) is 11.9 Å². The zero-order chi connectivity index (χ0) is 19.1. The molecule has 1 unspecified atom stereocenters. The molecule has 2 aliphatic rings. The summed E-state index contributed by atoms with van der Waals surface area (Å²) in [6.45, 7) is 2.34. The molecule has 3 heterocycles. The molecule has 27 heavy (non-hydrogen) atoms. The number of amides is 1. The van der Waals surface area contributed by atoms with Crippen LogP contribution in [0.2, 0.25) is 0 Å². The first-order chi connectivity index (χ1) is 12.9. The summed E-state index contributed by atoms with van der Waals surface area (Å²) in [6.07, 6.45) is 2.70. The van der Waals surface area contributed by atoms with Gasteiger partial charge in [-0.1, -0.05) is 0 Å². The number of nitrogens with one attached hydrogen (secondary N) is 2. The molecule has 2 fully saturated rings. The second-order valence-corrected chi connectivity index (χ2v) is 7.42. The molecule has 0 radical (unpaired) electrons. The van der Waals surface area contributed by atoms with Gasteiger partial charge in [-0.25, -0.2) is 13.8 Å². The van der Waals surface area contributed by atoms with Crippen LogP contribution in [0.5, 0.6) is 0 Å². The van der Waals surface area contributed by atoms with Gasteiger partial charge < -0.3 is 15.1 Å². The molecule has 2 N–H and O–H groups in total. The van der Waals surface area contributed by atoms with Crippen molar-refractivity contribution in [3.63, 3.8) is 0 Å². The molecule has 4 rings (SSSR count). The molecule has 2 aromatic rings. The molecule has 1 saturated heterocycles. The third kappa shape index (κ3) is 3.38. The third-order valence-corrected chi connectivity index (χ3v) is 5.40. The summed E-state index contributed by atoms with van der Waals surface area (Å²) in [5, 5.41) is 14.2. The van der Waals surface area contributed by atoms with Crippen LogP contribution in [0.25, 0.3) is 11.6 Å². The quantitative estimate of drug-likeness (QED) is 0.851. The Bertz CT molecular complexity index is 846. The lowest BCUT2D eigenvalue weighted by atomic mass is 9.89. The largest absolute Gasteiger partial charge is 0.418 e. The average molecular weight is 377 g/mol. The summed E-state index contributed by atoms with van der Waals surface area (Å²) in [5.41, 5.74) is 0.266. The van der Waals surface area contributed by atoms with Gasteiger partial charge in [0.25, 0.3) is 5.89 Å². The maximum atomic E-state index is 13.4. The number of carbonyl (C=O) groups is 1. The van der Waals surface area contributed by atoms with Crippen LogP contribution in [0.15, 0.2) is 22.7 Å². The van der Waals surface area contributed by atoms with Gasteiger partial charge >= 0.3 is 0 Å². The summed E-state index contributed by atoms with van der Waals surface area (Å²) in [7, 11) is 0. The van der Waals surface area contributed by atoms with Crippen molar-refractivity contribution < 1.29 is 18.0 Å². The van der Waals surface area contributed by atoms with Gasteiger partial charge in [-0.15, -0.1) is 10.2 Å². The zero-order valence-electron chi connectivity index (χ0n) is 15.0. The molecule has 1 aliphatic carbocycles. The minimum absolute atomic E-state index is 0.0619. The Morgan fingerprint density at radius 2 is 2.04 bits per heavy atom. The first-order valence-electron chi connectivity index (χ1n) is 9.09. The molecule has 0 spiro atoms.